The molecule has 0 spiro atoms. The number of nitrogens with zero attached hydrogens (tertiary/aromatic N) is 3. The number of rotatable bonds is 3. The van der Waals surface area contributed by atoms with Crippen LogP contribution in [0.4, 0.5) is 5.13 Å². The SMILES string of the molecule is CCNc1nnc(C(=O)N2C3CCC2CC(O)C3)s1. The lowest BCUT2D eigenvalue weighted by molar-refractivity contribution is 0.0286. The van der Waals surface area contributed by atoms with Gasteiger partial charge in [-0.1, -0.05) is 11.3 Å². The molecule has 0 saturated carbocycles. The maximum absolute atomic E-state index is 12.5. The molecule has 2 atom stereocenters. The summed E-state index contributed by atoms with van der Waals surface area (Å²) in [6, 6.07) is 0.348. The Balaban J connectivity index is 1.76. The highest BCUT2D eigenvalue weighted by Crippen LogP contribution is 2.37. The molecule has 0 radical (unpaired) electrons. The van der Waals surface area contributed by atoms with Crippen LogP contribution >= 0.6 is 11.3 Å². The number of fused-ring (bicyclic) bond motifs is 2. The van der Waals surface area contributed by atoms with Crippen molar-refractivity contribution in [3.63, 3.8) is 0 Å². The maximum Gasteiger partial charge on any atom is 0.285 e. The Hall–Kier alpha value is -1.21. The van der Waals surface area contributed by atoms with E-state index in [-0.39, 0.29) is 24.1 Å². The number of aromatic nitrogens is 2. The fourth-order valence-electron chi connectivity index (χ4n) is 3.12. The van der Waals surface area contributed by atoms with Crippen LogP contribution in [-0.2, 0) is 0 Å². The number of carbonyl (C=O) groups excluding carboxylic acids is 1. The van der Waals surface area contributed by atoms with Crippen molar-refractivity contribution in [3.8, 4) is 0 Å². The predicted molar refractivity (Wildman–Crippen MR) is 72.3 cm³/mol. The Bertz CT molecular complexity index is 464. The lowest BCUT2D eigenvalue weighted by atomic mass is 10.00. The van der Waals surface area contributed by atoms with Gasteiger partial charge in [-0.25, -0.2) is 0 Å². The van der Waals surface area contributed by atoms with Crippen LogP contribution in [0.1, 0.15) is 42.4 Å². The van der Waals surface area contributed by atoms with Crippen molar-refractivity contribution in [2.24, 2.45) is 0 Å². The van der Waals surface area contributed by atoms with E-state index < -0.39 is 0 Å². The Kier molecular flexibility index (Phi) is 3.40. The van der Waals surface area contributed by atoms with Crippen molar-refractivity contribution >= 4 is 22.4 Å². The van der Waals surface area contributed by atoms with Crippen LogP contribution in [-0.4, -0.2) is 50.8 Å². The van der Waals surface area contributed by atoms with E-state index in [1.165, 1.54) is 11.3 Å². The summed E-state index contributed by atoms with van der Waals surface area (Å²) in [5.74, 6) is -0.0268. The van der Waals surface area contributed by atoms with Gasteiger partial charge >= 0.3 is 0 Å². The van der Waals surface area contributed by atoms with Crippen LogP contribution in [0.2, 0.25) is 0 Å². The molecule has 6 nitrogen and oxygen atoms in total. The maximum atomic E-state index is 12.5. The van der Waals surface area contributed by atoms with E-state index in [9.17, 15) is 9.90 Å². The fourth-order valence-corrected chi connectivity index (χ4v) is 3.88. The van der Waals surface area contributed by atoms with Gasteiger partial charge in [0.25, 0.3) is 5.91 Å². The molecule has 2 aliphatic rings. The Morgan fingerprint density at radius 2 is 2.11 bits per heavy atom. The molecule has 7 heteroatoms. The normalized spacial score (nSPS) is 29.6. The van der Waals surface area contributed by atoms with Gasteiger partial charge in [0.05, 0.1) is 6.10 Å². The summed E-state index contributed by atoms with van der Waals surface area (Å²) >= 11 is 1.30. The van der Waals surface area contributed by atoms with Gasteiger partial charge in [0, 0.05) is 18.6 Å². The molecule has 1 aromatic rings. The summed E-state index contributed by atoms with van der Waals surface area (Å²) in [5.41, 5.74) is 0. The molecule has 2 fully saturated rings. The summed E-state index contributed by atoms with van der Waals surface area (Å²) in [5, 5.41) is 21.9. The number of carbonyl (C=O) groups is 1. The van der Waals surface area contributed by atoms with E-state index in [2.05, 4.69) is 15.5 Å². The van der Waals surface area contributed by atoms with E-state index in [1.807, 2.05) is 11.8 Å². The zero-order valence-electron chi connectivity index (χ0n) is 10.9. The third kappa shape index (κ3) is 2.32. The number of nitrogens with one attached hydrogen (secondary N) is 1. The van der Waals surface area contributed by atoms with Crippen LogP contribution in [0.25, 0.3) is 0 Å². The average Bonchev–Trinajstić information content (AvgIpc) is 2.93. The number of amides is 1. The highest BCUT2D eigenvalue weighted by Gasteiger charge is 2.43. The molecule has 3 heterocycles. The van der Waals surface area contributed by atoms with E-state index in [0.717, 1.165) is 19.4 Å². The average molecular weight is 282 g/mol. The van der Waals surface area contributed by atoms with Crippen molar-refractivity contribution in [1.29, 1.82) is 0 Å². The minimum absolute atomic E-state index is 0.0268. The van der Waals surface area contributed by atoms with Crippen molar-refractivity contribution in [2.45, 2.75) is 50.8 Å². The van der Waals surface area contributed by atoms with Gasteiger partial charge < -0.3 is 15.3 Å². The summed E-state index contributed by atoms with van der Waals surface area (Å²) in [6.07, 6.45) is 3.12. The number of aliphatic hydroxyl groups excluding tert-OH is 1. The minimum atomic E-state index is -0.256. The van der Waals surface area contributed by atoms with Crippen molar-refractivity contribution < 1.29 is 9.90 Å². The molecule has 104 valence electrons. The molecule has 2 aliphatic heterocycles. The Morgan fingerprint density at radius 1 is 1.42 bits per heavy atom. The van der Waals surface area contributed by atoms with Gasteiger partial charge in [-0.15, -0.1) is 10.2 Å². The highest BCUT2D eigenvalue weighted by molar-refractivity contribution is 7.17. The molecular formula is C12H18N4O2S. The van der Waals surface area contributed by atoms with Crippen LogP contribution in [0.15, 0.2) is 0 Å². The number of piperidine rings is 1. The molecule has 1 amide bonds. The van der Waals surface area contributed by atoms with Crippen LogP contribution < -0.4 is 5.32 Å². The molecule has 2 N–H and O–H groups in total. The molecule has 2 bridgehead atoms. The van der Waals surface area contributed by atoms with Gasteiger partial charge in [0.2, 0.25) is 10.1 Å². The third-order valence-electron chi connectivity index (χ3n) is 3.88. The zero-order chi connectivity index (χ0) is 13.4. The van der Waals surface area contributed by atoms with Crippen molar-refractivity contribution in [2.75, 3.05) is 11.9 Å². The fraction of sp³-hybridized carbons (Fsp3) is 0.750. The molecule has 0 aromatic carbocycles. The number of anilines is 1. The van der Waals surface area contributed by atoms with Crippen molar-refractivity contribution in [3.05, 3.63) is 5.01 Å². The molecule has 3 rings (SSSR count). The van der Waals surface area contributed by atoms with Crippen molar-refractivity contribution in [1.82, 2.24) is 15.1 Å². The molecule has 2 saturated heterocycles. The second-order valence-corrected chi connectivity index (χ2v) is 6.14. The third-order valence-corrected chi connectivity index (χ3v) is 4.75. The summed E-state index contributed by atoms with van der Waals surface area (Å²) < 4.78 is 0. The first-order valence-corrected chi connectivity index (χ1v) is 7.58. The molecular weight excluding hydrogens is 264 g/mol. The first-order chi connectivity index (χ1) is 9.19. The lowest BCUT2D eigenvalue weighted by Gasteiger charge is -2.36. The highest BCUT2D eigenvalue weighted by atomic mass is 32.1. The number of hydrogen-bond donors (Lipinski definition) is 2. The topological polar surface area (TPSA) is 78.4 Å². The van der Waals surface area contributed by atoms with Gasteiger partial charge in [0.1, 0.15) is 0 Å². The summed E-state index contributed by atoms with van der Waals surface area (Å²) in [6.45, 7) is 2.75. The Labute approximate surface area is 115 Å². The van der Waals surface area contributed by atoms with Gasteiger partial charge in [-0.3, -0.25) is 4.79 Å². The summed E-state index contributed by atoms with van der Waals surface area (Å²) in [7, 11) is 0. The number of hydrogen-bond acceptors (Lipinski definition) is 6. The second-order valence-electron chi connectivity index (χ2n) is 5.17. The molecule has 0 aliphatic carbocycles. The first-order valence-electron chi connectivity index (χ1n) is 6.77. The van der Waals surface area contributed by atoms with Gasteiger partial charge in [-0.05, 0) is 32.6 Å². The quantitative estimate of drug-likeness (QED) is 0.868. The predicted octanol–water partition coefficient (Wildman–Crippen LogP) is 1.10. The van der Waals surface area contributed by atoms with E-state index in [4.69, 9.17) is 0 Å². The second kappa shape index (κ2) is 5.05. The van der Waals surface area contributed by atoms with Crippen LogP contribution in [0.3, 0.4) is 0 Å². The van der Waals surface area contributed by atoms with E-state index in [0.29, 0.717) is 23.0 Å². The van der Waals surface area contributed by atoms with Gasteiger partial charge in [-0.2, -0.15) is 0 Å². The summed E-state index contributed by atoms with van der Waals surface area (Å²) in [4.78, 5) is 14.4. The largest absolute Gasteiger partial charge is 0.393 e. The number of aliphatic hydroxyl groups is 1. The lowest BCUT2D eigenvalue weighted by Crippen LogP contribution is -2.48. The minimum Gasteiger partial charge on any atom is -0.393 e. The first kappa shape index (κ1) is 12.8. The Morgan fingerprint density at radius 3 is 2.74 bits per heavy atom. The molecule has 19 heavy (non-hydrogen) atoms. The van der Waals surface area contributed by atoms with E-state index in [1.54, 1.807) is 0 Å². The van der Waals surface area contributed by atoms with E-state index >= 15 is 0 Å². The smallest absolute Gasteiger partial charge is 0.285 e. The standard InChI is InChI=1S/C12H18N4O2S/c1-2-13-12-15-14-10(19-12)11(18)16-7-3-4-8(16)6-9(17)5-7/h7-9,17H,2-6H2,1H3,(H,13,15). The monoisotopic (exact) mass is 282 g/mol. The zero-order valence-corrected chi connectivity index (χ0v) is 11.7. The van der Waals surface area contributed by atoms with Crippen LogP contribution in [0, 0.1) is 0 Å². The molecule has 2 unspecified atom stereocenters. The van der Waals surface area contributed by atoms with Crippen LogP contribution in [0.5, 0.6) is 0 Å². The molecule has 1 aromatic heterocycles. The van der Waals surface area contributed by atoms with Gasteiger partial charge in [0.15, 0.2) is 0 Å².